The lowest BCUT2D eigenvalue weighted by Gasteiger charge is -2.13. The van der Waals surface area contributed by atoms with Crippen molar-refractivity contribution in [2.45, 2.75) is 38.6 Å². The van der Waals surface area contributed by atoms with Crippen molar-refractivity contribution in [3.63, 3.8) is 0 Å². The quantitative estimate of drug-likeness (QED) is 0.437. The van der Waals surface area contributed by atoms with E-state index in [1.54, 1.807) is 0 Å². The maximum Gasteiger partial charge on any atom is 0.222 e. The van der Waals surface area contributed by atoms with Crippen molar-refractivity contribution < 1.29 is 13.2 Å². The van der Waals surface area contributed by atoms with Crippen molar-refractivity contribution in [3.8, 4) is 0 Å². The first kappa shape index (κ1) is 17.1. The summed E-state index contributed by atoms with van der Waals surface area (Å²) >= 11 is 0. The van der Waals surface area contributed by atoms with E-state index in [-0.39, 0.29) is 23.5 Å². The molecule has 1 amide bonds. The molecule has 1 saturated heterocycles. The molecule has 1 heterocycles. The van der Waals surface area contributed by atoms with Crippen LogP contribution >= 0.6 is 0 Å². The standard InChI is InChI=1S/C14H26N4O3S/c1-2-15-14(17-9-11-3-4-11)16-7-5-13(19)18-12-6-8-22(20,21)10-12/h11-12H,2-10H2,1H3,(H,18,19)(H2,15,16,17). The van der Waals surface area contributed by atoms with Crippen molar-refractivity contribution in [3.05, 3.63) is 0 Å². The summed E-state index contributed by atoms with van der Waals surface area (Å²) < 4.78 is 22.7. The molecule has 0 aromatic rings. The maximum absolute atomic E-state index is 11.8. The van der Waals surface area contributed by atoms with Crippen molar-refractivity contribution in [2.75, 3.05) is 31.1 Å². The molecule has 2 aliphatic rings. The number of rotatable bonds is 7. The fraction of sp³-hybridized carbons (Fsp3) is 0.857. The number of guanidine groups is 1. The Morgan fingerprint density at radius 3 is 2.59 bits per heavy atom. The van der Waals surface area contributed by atoms with Crippen molar-refractivity contribution in [1.82, 2.24) is 16.0 Å². The molecule has 0 radical (unpaired) electrons. The Labute approximate surface area is 132 Å². The second-order valence-electron chi connectivity index (χ2n) is 6.01. The molecule has 2 fully saturated rings. The summed E-state index contributed by atoms with van der Waals surface area (Å²) in [4.78, 5) is 16.3. The molecule has 3 N–H and O–H groups in total. The molecule has 8 heteroatoms. The molecule has 126 valence electrons. The summed E-state index contributed by atoms with van der Waals surface area (Å²) in [6.07, 6.45) is 3.35. The van der Waals surface area contributed by atoms with Gasteiger partial charge < -0.3 is 16.0 Å². The third-order valence-corrected chi connectivity index (χ3v) is 5.56. The maximum atomic E-state index is 11.8. The van der Waals surface area contributed by atoms with Crippen LogP contribution in [-0.4, -0.2) is 57.5 Å². The smallest absolute Gasteiger partial charge is 0.222 e. The third-order valence-electron chi connectivity index (χ3n) is 3.79. The second kappa shape index (κ2) is 7.80. The minimum Gasteiger partial charge on any atom is -0.357 e. The van der Waals surface area contributed by atoms with Gasteiger partial charge in [0.15, 0.2) is 15.8 Å². The number of nitrogens with zero attached hydrogens (tertiary/aromatic N) is 1. The van der Waals surface area contributed by atoms with E-state index in [9.17, 15) is 13.2 Å². The number of sulfone groups is 1. The number of aliphatic imine (C=N–C) groups is 1. The Morgan fingerprint density at radius 1 is 1.23 bits per heavy atom. The van der Waals surface area contributed by atoms with Crippen LogP contribution in [-0.2, 0) is 14.6 Å². The largest absolute Gasteiger partial charge is 0.357 e. The Balaban J connectivity index is 1.65. The van der Waals surface area contributed by atoms with E-state index < -0.39 is 9.84 Å². The normalized spacial score (nSPS) is 24.0. The number of carbonyl (C=O) groups is 1. The Morgan fingerprint density at radius 2 is 2.00 bits per heavy atom. The zero-order valence-corrected chi connectivity index (χ0v) is 13.9. The second-order valence-corrected chi connectivity index (χ2v) is 8.24. The fourth-order valence-corrected chi connectivity index (χ4v) is 4.04. The number of hydrogen-bond donors (Lipinski definition) is 3. The molecule has 1 aliphatic carbocycles. The molecule has 0 spiro atoms. The van der Waals surface area contributed by atoms with Crippen LogP contribution < -0.4 is 16.0 Å². The fourth-order valence-electron chi connectivity index (χ4n) is 2.37. The van der Waals surface area contributed by atoms with Gasteiger partial charge in [-0.2, -0.15) is 0 Å². The minimum absolute atomic E-state index is 0.0671. The Kier molecular flexibility index (Phi) is 6.05. The van der Waals surface area contributed by atoms with Crippen LogP contribution in [0.15, 0.2) is 4.99 Å². The zero-order valence-electron chi connectivity index (χ0n) is 13.1. The summed E-state index contributed by atoms with van der Waals surface area (Å²) in [5.41, 5.74) is 0. The van der Waals surface area contributed by atoms with E-state index in [2.05, 4.69) is 20.9 Å². The van der Waals surface area contributed by atoms with Crippen LogP contribution in [0.4, 0.5) is 0 Å². The summed E-state index contributed by atoms with van der Waals surface area (Å²) in [5.74, 6) is 1.59. The molecule has 0 aromatic heterocycles. The topological polar surface area (TPSA) is 99.7 Å². The highest BCUT2D eigenvalue weighted by molar-refractivity contribution is 7.91. The van der Waals surface area contributed by atoms with E-state index in [0.717, 1.165) is 25.0 Å². The lowest BCUT2D eigenvalue weighted by Crippen LogP contribution is -2.41. The monoisotopic (exact) mass is 330 g/mol. The molecule has 0 bridgehead atoms. The summed E-state index contributed by atoms with van der Waals surface area (Å²) in [6, 6.07) is -0.228. The lowest BCUT2D eigenvalue weighted by molar-refractivity contribution is -0.121. The van der Waals surface area contributed by atoms with Crippen LogP contribution in [0.3, 0.4) is 0 Å². The van der Waals surface area contributed by atoms with E-state index in [4.69, 9.17) is 0 Å². The third kappa shape index (κ3) is 6.21. The SMILES string of the molecule is CCNC(=NCC1CC1)NCCC(=O)NC1CCS(=O)(=O)C1. The lowest BCUT2D eigenvalue weighted by atomic mass is 10.2. The molecule has 1 atom stereocenters. The van der Waals surface area contributed by atoms with E-state index in [1.807, 2.05) is 6.92 Å². The van der Waals surface area contributed by atoms with Gasteiger partial charge in [0.05, 0.1) is 11.5 Å². The highest BCUT2D eigenvalue weighted by Gasteiger charge is 2.28. The van der Waals surface area contributed by atoms with Crippen LogP contribution in [0, 0.1) is 5.92 Å². The van der Waals surface area contributed by atoms with Gasteiger partial charge in [0.1, 0.15) is 0 Å². The van der Waals surface area contributed by atoms with Crippen molar-refractivity contribution >= 4 is 21.7 Å². The molecule has 2 rings (SSSR count). The number of nitrogens with one attached hydrogen (secondary N) is 3. The molecular formula is C14H26N4O3S. The molecule has 7 nitrogen and oxygen atoms in total. The molecular weight excluding hydrogens is 304 g/mol. The van der Waals surface area contributed by atoms with Gasteiger partial charge in [0, 0.05) is 32.1 Å². The first-order valence-electron chi connectivity index (χ1n) is 8.00. The van der Waals surface area contributed by atoms with Crippen LogP contribution in [0.2, 0.25) is 0 Å². The summed E-state index contributed by atoms with van der Waals surface area (Å²) in [7, 11) is -2.95. The number of carbonyl (C=O) groups excluding carboxylic acids is 1. The van der Waals surface area contributed by atoms with Crippen LogP contribution in [0.25, 0.3) is 0 Å². The molecule has 22 heavy (non-hydrogen) atoms. The molecule has 1 aliphatic heterocycles. The zero-order chi connectivity index (χ0) is 16.0. The highest BCUT2D eigenvalue weighted by Crippen LogP contribution is 2.28. The van der Waals surface area contributed by atoms with E-state index in [1.165, 1.54) is 12.8 Å². The molecule has 1 unspecified atom stereocenters. The van der Waals surface area contributed by atoms with Crippen molar-refractivity contribution in [1.29, 1.82) is 0 Å². The average Bonchev–Trinajstić information content (AvgIpc) is 3.20. The van der Waals surface area contributed by atoms with Crippen molar-refractivity contribution in [2.24, 2.45) is 10.9 Å². The van der Waals surface area contributed by atoms with Gasteiger partial charge in [0.2, 0.25) is 5.91 Å². The van der Waals surface area contributed by atoms with Crippen LogP contribution in [0.1, 0.15) is 32.6 Å². The Bertz CT molecular complexity index is 514. The summed E-state index contributed by atoms with van der Waals surface area (Å²) in [5, 5.41) is 9.07. The first-order chi connectivity index (χ1) is 10.5. The first-order valence-corrected chi connectivity index (χ1v) is 9.82. The predicted octanol–water partition coefficient (Wildman–Crippen LogP) is -0.355. The van der Waals surface area contributed by atoms with Gasteiger partial charge in [0.25, 0.3) is 0 Å². The number of hydrogen-bond acceptors (Lipinski definition) is 4. The van der Waals surface area contributed by atoms with Gasteiger partial charge in [-0.1, -0.05) is 0 Å². The molecule has 1 saturated carbocycles. The van der Waals surface area contributed by atoms with Gasteiger partial charge in [-0.3, -0.25) is 9.79 Å². The minimum atomic E-state index is -2.95. The van der Waals surface area contributed by atoms with Gasteiger partial charge >= 0.3 is 0 Å². The highest BCUT2D eigenvalue weighted by atomic mass is 32.2. The van der Waals surface area contributed by atoms with Gasteiger partial charge in [-0.15, -0.1) is 0 Å². The molecule has 0 aromatic carbocycles. The Hall–Kier alpha value is -1.31. The summed E-state index contributed by atoms with van der Waals surface area (Å²) in [6.45, 7) is 4.10. The van der Waals surface area contributed by atoms with Gasteiger partial charge in [-0.25, -0.2) is 8.42 Å². The van der Waals surface area contributed by atoms with Crippen LogP contribution in [0.5, 0.6) is 0 Å². The average molecular weight is 330 g/mol. The van der Waals surface area contributed by atoms with E-state index >= 15 is 0 Å². The predicted molar refractivity (Wildman–Crippen MR) is 86.5 cm³/mol. The van der Waals surface area contributed by atoms with E-state index in [0.29, 0.717) is 19.4 Å². The number of amides is 1. The van der Waals surface area contributed by atoms with Gasteiger partial charge in [-0.05, 0) is 32.1 Å².